The van der Waals surface area contributed by atoms with E-state index in [1.807, 2.05) is 60.7 Å². The van der Waals surface area contributed by atoms with E-state index in [2.05, 4.69) is 0 Å². The first-order chi connectivity index (χ1) is 11.8. The summed E-state index contributed by atoms with van der Waals surface area (Å²) in [6, 6.07) is 18.5. The molecule has 0 saturated carbocycles. The molecular weight excluding hydrogens is 312 g/mol. The van der Waals surface area contributed by atoms with Crippen LogP contribution in [0.15, 0.2) is 70.3 Å². The van der Waals surface area contributed by atoms with Crippen molar-refractivity contribution in [2.24, 2.45) is 0 Å². The van der Waals surface area contributed by atoms with Gasteiger partial charge in [0, 0.05) is 0 Å². The summed E-state index contributed by atoms with van der Waals surface area (Å²) in [4.78, 5) is 42.7. The standard InChI is InChI=1S/C18H14O6/c19-15-16(20)18(24-22-12-14-9-5-2-6-10-14)17(15)23-21-11-13-7-3-1-4-8-13/h1-10H,11-12H2. The molecule has 3 aromatic carbocycles. The second kappa shape index (κ2) is 7.54. The molecule has 0 spiro atoms. The summed E-state index contributed by atoms with van der Waals surface area (Å²) in [5, 5.41) is 0. The number of hydrogen-bond acceptors (Lipinski definition) is 6. The van der Waals surface area contributed by atoms with Crippen molar-refractivity contribution in [2.75, 3.05) is 0 Å². The van der Waals surface area contributed by atoms with Crippen molar-refractivity contribution in [3.63, 3.8) is 0 Å². The molecule has 0 atom stereocenters. The summed E-state index contributed by atoms with van der Waals surface area (Å²) in [5.41, 5.74) is 0.112. The lowest BCUT2D eigenvalue weighted by atomic mass is 10.2. The van der Waals surface area contributed by atoms with Gasteiger partial charge in [0.2, 0.25) is 0 Å². The lowest BCUT2D eigenvalue weighted by Gasteiger charge is -2.11. The first-order valence-electron chi connectivity index (χ1n) is 7.26. The van der Waals surface area contributed by atoms with Crippen molar-refractivity contribution in [3.8, 4) is 11.5 Å². The molecule has 0 unspecified atom stereocenters. The zero-order chi connectivity index (χ0) is 16.8. The number of rotatable bonds is 8. The Morgan fingerprint density at radius 1 is 0.583 bits per heavy atom. The summed E-state index contributed by atoms with van der Waals surface area (Å²) in [6.45, 7) is 0.258. The van der Waals surface area contributed by atoms with Gasteiger partial charge in [0.25, 0.3) is 22.4 Å². The fourth-order valence-electron chi connectivity index (χ4n) is 1.96. The van der Waals surface area contributed by atoms with E-state index in [9.17, 15) is 9.59 Å². The van der Waals surface area contributed by atoms with E-state index in [0.29, 0.717) is 0 Å². The van der Waals surface area contributed by atoms with Gasteiger partial charge in [-0.05, 0) is 11.1 Å². The molecule has 0 saturated heterocycles. The molecule has 122 valence electrons. The summed E-state index contributed by atoms with van der Waals surface area (Å²) < 4.78 is 0. The predicted molar refractivity (Wildman–Crippen MR) is 85.1 cm³/mol. The second-order valence-corrected chi connectivity index (χ2v) is 4.98. The second-order valence-electron chi connectivity index (χ2n) is 4.98. The van der Waals surface area contributed by atoms with E-state index < -0.39 is 10.9 Å². The molecule has 0 aliphatic heterocycles. The largest absolute Gasteiger partial charge is 0.328 e. The van der Waals surface area contributed by atoms with Crippen LogP contribution in [-0.4, -0.2) is 0 Å². The lowest BCUT2D eigenvalue weighted by molar-refractivity contribution is -0.242. The molecule has 3 aromatic rings. The van der Waals surface area contributed by atoms with Crippen LogP contribution in [0.2, 0.25) is 0 Å². The average Bonchev–Trinajstić information content (AvgIpc) is 2.64. The van der Waals surface area contributed by atoms with E-state index in [-0.39, 0.29) is 24.7 Å². The summed E-state index contributed by atoms with van der Waals surface area (Å²) in [6.07, 6.45) is 0. The monoisotopic (exact) mass is 326 g/mol. The third kappa shape index (κ3) is 3.68. The maximum Gasteiger partial charge on any atom is 0.280 e. The normalized spacial score (nSPS) is 10.7. The molecule has 0 aliphatic rings. The Morgan fingerprint density at radius 2 is 0.958 bits per heavy atom. The fourth-order valence-corrected chi connectivity index (χ4v) is 1.96. The van der Waals surface area contributed by atoms with Gasteiger partial charge in [-0.3, -0.25) is 9.59 Å². The quantitative estimate of drug-likeness (QED) is 0.359. The number of benzene rings is 2. The van der Waals surface area contributed by atoms with Crippen molar-refractivity contribution in [1.29, 1.82) is 0 Å². The Balaban J connectivity index is 1.52. The summed E-state index contributed by atoms with van der Waals surface area (Å²) in [7, 11) is 0. The topological polar surface area (TPSA) is 71.1 Å². The molecule has 6 heteroatoms. The molecule has 0 bridgehead atoms. The van der Waals surface area contributed by atoms with Crippen LogP contribution in [-0.2, 0) is 23.0 Å². The summed E-state index contributed by atoms with van der Waals surface area (Å²) >= 11 is 0. The van der Waals surface area contributed by atoms with Gasteiger partial charge < -0.3 is 9.78 Å². The van der Waals surface area contributed by atoms with Crippen molar-refractivity contribution in [1.82, 2.24) is 0 Å². The molecule has 24 heavy (non-hydrogen) atoms. The molecule has 0 aliphatic carbocycles. The Labute approximate surface area is 137 Å². The third-order valence-electron chi connectivity index (χ3n) is 3.25. The smallest absolute Gasteiger partial charge is 0.280 e. The Kier molecular flexibility index (Phi) is 5.00. The van der Waals surface area contributed by atoms with E-state index in [1.54, 1.807) is 0 Å². The van der Waals surface area contributed by atoms with Gasteiger partial charge in [0.05, 0.1) is 0 Å². The van der Waals surface area contributed by atoms with Crippen molar-refractivity contribution in [2.45, 2.75) is 13.2 Å². The van der Waals surface area contributed by atoms with Crippen LogP contribution in [0.4, 0.5) is 0 Å². The van der Waals surface area contributed by atoms with Gasteiger partial charge in [-0.2, -0.15) is 9.78 Å². The van der Waals surface area contributed by atoms with Gasteiger partial charge in [-0.1, -0.05) is 60.7 Å². The minimum absolute atomic E-state index is 0.129. The molecular formula is C18H14O6. The highest BCUT2D eigenvalue weighted by Gasteiger charge is 2.27. The van der Waals surface area contributed by atoms with Gasteiger partial charge in [-0.25, -0.2) is 0 Å². The first-order valence-corrected chi connectivity index (χ1v) is 7.26. The van der Waals surface area contributed by atoms with Gasteiger partial charge >= 0.3 is 0 Å². The fraction of sp³-hybridized carbons (Fsp3) is 0.111. The molecule has 0 radical (unpaired) electrons. The molecule has 0 fully saturated rings. The lowest BCUT2D eigenvalue weighted by Crippen LogP contribution is -2.34. The predicted octanol–water partition coefficient (Wildman–Crippen LogP) is 2.30. The van der Waals surface area contributed by atoms with Crippen molar-refractivity contribution in [3.05, 3.63) is 92.2 Å². The Bertz CT molecular complexity index is 777. The van der Waals surface area contributed by atoms with Crippen LogP contribution in [0.1, 0.15) is 11.1 Å². The van der Waals surface area contributed by atoms with Crippen molar-refractivity contribution < 1.29 is 19.6 Å². The van der Waals surface area contributed by atoms with Crippen molar-refractivity contribution >= 4 is 0 Å². The maximum atomic E-state index is 11.5. The summed E-state index contributed by atoms with van der Waals surface area (Å²) in [5.74, 6) is -0.576. The number of hydrogen-bond donors (Lipinski definition) is 0. The maximum absolute atomic E-state index is 11.5. The van der Waals surface area contributed by atoms with E-state index in [4.69, 9.17) is 19.6 Å². The van der Waals surface area contributed by atoms with Gasteiger partial charge in [0.1, 0.15) is 13.2 Å². The van der Waals surface area contributed by atoms with Crippen LogP contribution in [0.5, 0.6) is 11.5 Å². The molecule has 0 amide bonds. The van der Waals surface area contributed by atoms with E-state index in [1.165, 1.54) is 0 Å². The highest BCUT2D eigenvalue weighted by molar-refractivity contribution is 5.45. The molecule has 6 nitrogen and oxygen atoms in total. The highest BCUT2D eigenvalue weighted by atomic mass is 17.2. The molecule has 0 aromatic heterocycles. The van der Waals surface area contributed by atoms with Crippen LogP contribution >= 0.6 is 0 Å². The van der Waals surface area contributed by atoms with Crippen LogP contribution in [0.25, 0.3) is 0 Å². The zero-order valence-corrected chi connectivity index (χ0v) is 12.6. The Morgan fingerprint density at radius 3 is 1.33 bits per heavy atom. The zero-order valence-electron chi connectivity index (χ0n) is 12.6. The first kappa shape index (κ1) is 15.9. The highest BCUT2D eigenvalue weighted by Crippen LogP contribution is 2.21. The van der Waals surface area contributed by atoms with Gasteiger partial charge in [0.15, 0.2) is 0 Å². The molecule has 3 rings (SSSR count). The van der Waals surface area contributed by atoms with Gasteiger partial charge in [-0.15, -0.1) is 0 Å². The average molecular weight is 326 g/mol. The molecule has 0 heterocycles. The van der Waals surface area contributed by atoms with E-state index in [0.717, 1.165) is 11.1 Å². The minimum Gasteiger partial charge on any atom is -0.328 e. The Hall–Kier alpha value is -2.96. The minimum atomic E-state index is -0.804. The third-order valence-corrected chi connectivity index (χ3v) is 3.25. The molecule has 0 N–H and O–H groups in total. The van der Waals surface area contributed by atoms with Crippen LogP contribution in [0.3, 0.4) is 0 Å². The SMILES string of the molecule is O=c1c(OOCc2ccccc2)c(OOCc2ccccc2)c1=O. The van der Waals surface area contributed by atoms with Crippen LogP contribution in [0, 0.1) is 0 Å². The van der Waals surface area contributed by atoms with Crippen LogP contribution < -0.4 is 20.6 Å². The van der Waals surface area contributed by atoms with E-state index >= 15 is 0 Å².